The van der Waals surface area contributed by atoms with Gasteiger partial charge in [-0.2, -0.15) is 0 Å². The highest BCUT2D eigenvalue weighted by Gasteiger charge is 2.15. The normalized spacial score (nSPS) is 10.3. The summed E-state index contributed by atoms with van der Waals surface area (Å²) in [6.07, 6.45) is 2.00. The number of benzene rings is 2. The molecule has 3 rings (SSSR count). The number of anilines is 2. The molecule has 2 amide bonds. The van der Waals surface area contributed by atoms with Crippen LogP contribution in [0.25, 0.3) is 0 Å². The summed E-state index contributed by atoms with van der Waals surface area (Å²) in [5.41, 5.74) is 1.44. The second-order valence-electron chi connectivity index (χ2n) is 6.56. The fourth-order valence-electron chi connectivity index (χ4n) is 3.02. The number of rotatable bonds is 8. The van der Waals surface area contributed by atoms with Crippen LogP contribution in [0.4, 0.5) is 15.8 Å². The number of carbonyl (C=O) groups excluding carboxylic acids is 2. The summed E-state index contributed by atoms with van der Waals surface area (Å²) >= 11 is 0. The van der Waals surface area contributed by atoms with Crippen molar-refractivity contribution < 1.29 is 23.5 Å². The summed E-state index contributed by atoms with van der Waals surface area (Å²) in [5, 5.41) is 5.31. The van der Waals surface area contributed by atoms with Gasteiger partial charge in [0.15, 0.2) is 11.5 Å². The van der Waals surface area contributed by atoms with Gasteiger partial charge in [0.1, 0.15) is 11.5 Å². The highest BCUT2D eigenvalue weighted by atomic mass is 19.1. The number of hydrogen-bond acceptors (Lipinski definition) is 5. The number of carbonyl (C=O) groups is 2. The Morgan fingerprint density at radius 3 is 2.52 bits per heavy atom. The molecule has 0 aliphatic carbocycles. The standard InChI is InChI=1S/C23H22FN3O4/c1-30-20-8-5-6-15(22(20)31-2)9-12-21(28)26-19-14-16(24)10-11-17(19)27-23(29)18-7-3-4-13-25-18/h3-8,10-11,13-14H,9,12H2,1-2H3,(H,26,28)(H,27,29). The second-order valence-corrected chi connectivity index (χ2v) is 6.56. The summed E-state index contributed by atoms with van der Waals surface area (Å²) < 4.78 is 24.4. The van der Waals surface area contributed by atoms with Crippen molar-refractivity contribution in [1.29, 1.82) is 0 Å². The van der Waals surface area contributed by atoms with Gasteiger partial charge in [-0.25, -0.2) is 4.39 Å². The Balaban J connectivity index is 1.70. The molecule has 3 aromatic rings. The Bertz CT molecular complexity index is 1070. The van der Waals surface area contributed by atoms with E-state index in [2.05, 4.69) is 15.6 Å². The Labute approximate surface area is 179 Å². The zero-order valence-electron chi connectivity index (χ0n) is 17.1. The minimum absolute atomic E-state index is 0.119. The van der Waals surface area contributed by atoms with Gasteiger partial charge in [-0.3, -0.25) is 14.6 Å². The smallest absolute Gasteiger partial charge is 0.274 e. The molecule has 2 N–H and O–H groups in total. The molecule has 0 saturated heterocycles. The number of aromatic nitrogens is 1. The molecule has 31 heavy (non-hydrogen) atoms. The number of aryl methyl sites for hydroxylation is 1. The lowest BCUT2D eigenvalue weighted by Gasteiger charge is -2.14. The molecule has 0 aliphatic heterocycles. The van der Waals surface area contributed by atoms with Crippen LogP contribution in [0.2, 0.25) is 0 Å². The molecule has 0 unspecified atom stereocenters. The first-order chi connectivity index (χ1) is 15.0. The molecule has 7 nitrogen and oxygen atoms in total. The van der Waals surface area contributed by atoms with Crippen LogP contribution < -0.4 is 20.1 Å². The number of methoxy groups -OCH3 is 2. The molecule has 0 atom stereocenters. The average molecular weight is 423 g/mol. The van der Waals surface area contributed by atoms with Gasteiger partial charge in [-0.05, 0) is 48.4 Å². The van der Waals surface area contributed by atoms with Crippen molar-refractivity contribution in [2.75, 3.05) is 24.9 Å². The van der Waals surface area contributed by atoms with E-state index >= 15 is 0 Å². The zero-order chi connectivity index (χ0) is 22.2. The molecule has 0 radical (unpaired) electrons. The average Bonchev–Trinajstić information content (AvgIpc) is 2.79. The number of pyridine rings is 1. The van der Waals surface area contributed by atoms with Gasteiger partial charge in [0.05, 0.1) is 25.6 Å². The van der Waals surface area contributed by atoms with Crippen LogP contribution in [0.15, 0.2) is 60.8 Å². The maximum absolute atomic E-state index is 13.8. The van der Waals surface area contributed by atoms with Crippen molar-refractivity contribution in [2.45, 2.75) is 12.8 Å². The van der Waals surface area contributed by atoms with Crippen LogP contribution >= 0.6 is 0 Å². The quantitative estimate of drug-likeness (QED) is 0.570. The van der Waals surface area contributed by atoms with E-state index in [0.29, 0.717) is 17.9 Å². The predicted octanol–water partition coefficient (Wildman–Crippen LogP) is 4.06. The summed E-state index contributed by atoms with van der Waals surface area (Å²) in [7, 11) is 3.07. The largest absolute Gasteiger partial charge is 0.493 e. The van der Waals surface area contributed by atoms with Gasteiger partial charge >= 0.3 is 0 Å². The van der Waals surface area contributed by atoms with Gasteiger partial charge < -0.3 is 20.1 Å². The van der Waals surface area contributed by atoms with Crippen LogP contribution in [0.1, 0.15) is 22.5 Å². The van der Waals surface area contributed by atoms with Crippen molar-refractivity contribution in [2.24, 2.45) is 0 Å². The maximum atomic E-state index is 13.8. The topological polar surface area (TPSA) is 89.6 Å². The first-order valence-electron chi connectivity index (χ1n) is 9.53. The van der Waals surface area contributed by atoms with Crippen molar-refractivity contribution in [3.63, 3.8) is 0 Å². The Morgan fingerprint density at radius 1 is 0.968 bits per heavy atom. The minimum Gasteiger partial charge on any atom is -0.493 e. The molecule has 160 valence electrons. The van der Waals surface area contributed by atoms with Gasteiger partial charge in [-0.1, -0.05) is 18.2 Å². The van der Waals surface area contributed by atoms with Crippen LogP contribution in [0, 0.1) is 5.82 Å². The number of nitrogens with zero attached hydrogens (tertiary/aromatic N) is 1. The lowest BCUT2D eigenvalue weighted by molar-refractivity contribution is -0.116. The van der Waals surface area contributed by atoms with Crippen molar-refractivity contribution in [3.8, 4) is 11.5 Å². The lowest BCUT2D eigenvalue weighted by Crippen LogP contribution is -2.18. The van der Waals surface area contributed by atoms with E-state index in [0.717, 1.165) is 11.6 Å². The van der Waals surface area contributed by atoms with Crippen LogP contribution in [0.3, 0.4) is 0 Å². The number of para-hydroxylation sites is 1. The molecule has 0 saturated carbocycles. The number of nitrogens with one attached hydrogen (secondary N) is 2. The molecular weight excluding hydrogens is 401 g/mol. The lowest BCUT2D eigenvalue weighted by atomic mass is 10.1. The van der Waals surface area contributed by atoms with Crippen LogP contribution in [0.5, 0.6) is 11.5 Å². The second kappa shape index (κ2) is 10.2. The molecular formula is C23H22FN3O4. The molecule has 1 aromatic heterocycles. The van der Waals surface area contributed by atoms with E-state index in [1.54, 1.807) is 31.4 Å². The first kappa shape index (κ1) is 21.8. The number of hydrogen-bond donors (Lipinski definition) is 2. The Hall–Kier alpha value is -3.94. The molecule has 0 fully saturated rings. The van der Waals surface area contributed by atoms with E-state index in [1.165, 1.54) is 25.4 Å². The highest BCUT2D eigenvalue weighted by Crippen LogP contribution is 2.31. The van der Waals surface area contributed by atoms with Gasteiger partial charge in [0.25, 0.3) is 5.91 Å². The Morgan fingerprint density at radius 2 is 1.81 bits per heavy atom. The van der Waals surface area contributed by atoms with E-state index in [4.69, 9.17) is 9.47 Å². The van der Waals surface area contributed by atoms with Gasteiger partial charge in [0.2, 0.25) is 5.91 Å². The van der Waals surface area contributed by atoms with Crippen LogP contribution in [-0.2, 0) is 11.2 Å². The van der Waals surface area contributed by atoms with E-state index in [9.17, 15) is 14.0 Å². The number of amides is 2. The van der Waals surface area contributed by atoms with Crippen LogP contribution in [-0.4, -0.2) is 31.0 Å². The summed E-state index contributed by atoms with van der Waals surface area (Å²) in [6, 6.07) is 14.1. The Kier molecular flexibility index (Phi) is 7.16. The molecule has 0 aliphatic rings. The van der Waals surface area contributed by atoms with Crippen molar-refractivity contribution in [3.05, 3.63) is 77.9 Å². The predicted molar refractivity (Wildman–Crippen MR) is 115 cm³/mol. The summed E-state index contributed by atoms with van der Waals surface area (Å²) in [6.45, 7) is 0. The number of ether oxygens (including phenoxy) is 2. The summed E-state index contributed by atoms with van der Waals surface area (Å²) in [5.74, 6) is -0.217. The van der Waals surface area contributed by atoms with Gasteiger partial charge in [0, 0.05) is 12.6 Å². The number of halogens is 1. The van der Waals surface area contributed by atoms with Crippen molar-refractivity contribution >= 4 is 23.2 Å². The summed E-state index contributed by atoms with van der Waals surface area (Å²) in [4.78, 5) is 28.9. The minimum atomic E-state index is -0.541. The maximum Gasteiger partial charge on any atom is 0.274 e. The molecule has 8 heteroatoms. The van der Waals surface area contributed by atoms with Gasteiger partial charge in [-0.15, -0.1) is 0 Å². The molecule has 2 aromatic carbocycles. The monoisotopic (exact) mass is 423 g/mol. The molecule has 0 spiro atoms. The highest BCUT2D eigenvalue weighted by molar-refractivity contribution is 6.06. The van der Waals surface area contributed by atoms with E-state index in [1.807, 2.05) is 12.1 Å². The fraction of sp³-hybridized carbons (Fsp3) is 0.174. The SMILES string of the molecule is COc1cccc(CCC(=O)Nc2cc(F)ccc2NC(=O)c2ccccn2)c1OC. The van der Waals surface area contributed by atoms with E-state index < -0.39 is 11.7 Å². The molecule has 0 bridgehead atoms. The zero-order valence-corrected chi connectivity index (χ0v) is 17.1. The third-order valence-corrected chi connectivity index (χ3v) is 4.51. The third-order valence-electron chi connectivity index (χ3n) is 4.51. The fourth-order valence-corrected chi connectivity index (χ4v) is 3.02. The molecule has 1 heterocycles. The third kappa shape index (κ3) is 5.57. The van der Waals surface area contributed by atoms with Crippen molar-refractivity contribution in [1.82, 2.24) is 4.98 Å². The van der Waals surface area contributed by atoms with E-state index in [-0.39, 0.29) is 29.4 Å². The first-order valence-corrected chi connectivity index (χ1v) is 9.53.